The first-order chi connectivity index (χ1) is 13.8. The molecule has 0 aliphatic carbocycles. The van der Waals surface area contributed by atoms with Crippen LogP contribution in [-0.2, 0) is 6.54 Å². The maximum atomic E-state index is 6.20. The summed E-state index contributed by atoms with van der Waals surface area (Å²) in [6, 6.07) is 9.69. The summed E-state index contributed by atoms with van der Waals surface area (Å²) < 4.78 is 0. The van der Waals surface area contributed by atoms with Gasteiger partial charge in [0.25, 0.3) is 0 Å². The summed E-state index contributed by atoms with van der Waals surface area (Å²) in [6.45, 7) is 6.62. The summed E-state index contributed by atoms with van der Waals surface area (Å²) >= 11 is 6.20. The summed E-state index contributed by atoms with van der Waals surface area (Å²) in [4.78, 5) is 17.7. The van der Waals surface area contributed by atoms with E-state index >= 15 is 0 Å². The Morgan fingerprint density at radius 2 is 1.82 bits per heavy atom. The van der Waals surface area contributed by atoms with Crippen molar-refractivity contribution in [1.29, 1.82) is 0 Å². The van der Waals surface area contributed by atoms with Gasteiger partial charge in [0.15, 0.2) is 5.96 Å². The van der Waals surface area contributed by atoms with E-state index in [2.05, 4.69) is 35.4 Å². The average Bonchev–Trinajstić information content (AvgIpc) is 2.75. The minimum atomic E-state index is 0.656. The largest absolute Gasteiger partial charge is 0.356 e. The highest BCUT2D eigenvalue weighted by Crippen LogP contribution is 2.14. The molecule has 3 rings (SSSR count). The number of anilines is 1. The molecule has 1 aromatic heterocycles. The van der Waals surface area contributed by atoms with Crippen LogP contribution in [0.4, 0.5) is 5.95 Å². The van der Waals surface area contributed by atoms with Gasteiger partial charge in [-0.05, 0) is 30.7 Å². The van der Waals surface area contributed by atoms with Crippen LogP contribution < -0.4 is 15.5 Å². The third-order valence-corrected chi connectivity index (χ3v) is 5.15. The van der Waals surface area contributed by atoms with Crippen molar-refractivity contribution in [2.45, 2.75) is 13.0 Å². The van der Waals surface area contributed by atoms with Crippen molar-refractivity contribution in [3.8, 4) is 0 Å². The highest BCUT2D eigenvalue weighted by molar-refractivity contribution is 6.31. The maximum absolute atomic E-state index is 6.20. The molecule has 1 aliphatic rings. The Morgan fingerprint density at radius 1 is 1.07 bits per heavy atom. The summed E-state index contributed by atoms with van der Waals surface area (Å²) in [5.74, 6) is 1.63. The molecule has 0 bridgehead atoms. The van der Waals surface area contributed by atoms with Crippen LogP contribution in [-0.4, -0.2) is 67.1 Å². The Balaban J connectivity index is 1.31. The molecule has 1 aliphatic heterocycles. The first-order valence-corrected chi connectivity index (χ1v) is 10.1. The molecule has 2 heterocycles. The fourth-order valence-electron chi connectivity index (χ4n) is 3.18. The van der Waals surface area contributed by atoms with E-state index in [9.17, 15) is 0 Å². The second-order valence-corrected chi connectivity index (χ2v) is 7.08. The summed E-state index contributed by atoms with van der Waals surface area (Å²) in [6.07, 6.45) is 4.66. The van der Waals surface area contributed by atoms with Crippen molar-refractivity contribution < 1.29 is 0 Å². The number of piperazine rings is 1. The molecule has 0 amide bonds. The van der Waals surface area contributed by atoms with Gasteiger partial charge in [0.1, 0.15) is 0 Å². The fraction of sp³-hybridized carbons (Fsp3) is 0.450. The monoisotopic (exact) mass is 401 g/mol. The predicted molar refractivity (Wildman–Crippen MR) is 115 cm³/mol. The van der Waals surface area contributed by atoms with Gasteiger partial charge in [0.2, 0.25) is 5.95 Å². The van der Waals surface area contributed by atoms with Crippen LogP contribution in [0.5, 0.6) is 0 Å². The molecule has 1 fully saturated rings. The summed E-state index contributed by atoms with van der Waals surface area (Å²) in [7, 11) is 1.78. The topological polar surface area (TPSA) is 68.7 Å². The lowest BCUT2D eigenvalue weighted by molar-refractivity contribution is 0.254. The van der Waals surface area contributed by atoms with Gasteiger partial charge in [-0.15, -0.1) is 0 Å². The highest BCUT2D eigenvalue weighted by atomic mass is 35.5. The fourth-order valence-corrected chi connectivity index (χ4v) is 3.38. The average molecular weight is 402 g/mol. The van der Waals surface area contributed by atoms with Gasteiger partial charge in [-0.25, -0.2) is 9.97 Å². The van der Waals surface area contributed by atoms with Gasteiger partial charge in [-0.2, -0.15) is 0 Å². The lowest BCUT2D eigenvalue weighted by Gasteiger charge is -2.34. The molecule has 1 aromatic carbocycles. The number of aromatic nitrogens is 2. The van der Waals surface area contributed by atoms with Crippen LogP contribution in [0.3, 0.4) is 0 Å². The molecule has 150 valence electrons. The van der Waals surface area contributed by atoms with Gasteiger partial charge in [-0.3, -0.25) is 9.89 Å². The molecule has 0 spiro atoms. The number of hydrogen-bond acceptors (Lipinski definition) is 5. The molecule has 28 heavy (non-hydrogen) atoms. The molecule has 7 nitrogen and oxygen atoms in total. The van der Waals surface area contributed by atoms with E-state index in [-0.39, 0.29) is 0 Å². The van der Waals surface area contributed by atoms with E-state index in [1.807, 2.05) is 30.3 Å². The third-order valence-electron chi connectivity index (χ3n) is 4.78. The zero-order valence-electron chi connectivity index (χ0n) is 16.3. The Kier molecular flexibility index (Phi) is 7.87. The van der Waals surface area contributed by atoms with Crippen LogP contribution in [0, 0.1) is 0 Å². The number of aliphatic imine (C=N–C) groups is 1. The van der Waals surface area contributed by atoms with Crippen LogP contribution in [0.1, 0.15) is 12.0 Å². The number of benzene rings is 1. The lowest BCUT2D eigenvalue weighted by Crippen LogP contribution is -2.47. The standard InChI is InChI=1S/C20H28ClN7/c1-22-19(26-16-17-6-2-3-7-18(17)21)23-10-5-11-27-12-14-28(15-13-27)20-24-8-4-9-25-20/h2-4,6-9H,5,10-16H2,1H3,(H2,22,23,26). The Morgan fingerprint density at radius 3 is 2.54 bits per heavy atom. The van der Waals surface area contributed by atoms with Gasteiger partial charge >= 0.3 is 0 Å². The van der Waals surface area contributed by atoms with Gasteiger partial charge in [0, 0.05) is 63.7 Å². The van der Waals surface area contributed by atoms with Gasteiger partial charge in [0.05, 0.1) is 0 Å². The molecular weight excluding hydrogens is 374 g/mol. The van der Waals surface area contributed by atoms with Crippen LogP contribution in [0.2, 0.25) is 5.02 Å². The third kappa shape index (κ3) is 6.07. The molecule has 0 atom stereocenters. The smallest absolute Gasteiger partial charge is 0.225 e. The Bertz CT molecular complexity index is 745. The van der Waals surface area contributed by atoms with Crippen LogP contribution in [0.25, 0.3) is 0 Å². The number of nitrogens with zero attached hydrogens (tertiary/aromatic N) is 5. The normalized spacial score (nSPS) is 15.5. The SMILES string of the molecule is CN=C(NCCCN1CCN(c2ncccn2)CC1)NCc1ccccc1Cl. The van der Waals surface area contributed by atoms with Crippen LogP contribution >= 0.6 is 11.6 Å². The number of nitrogens with one attached hydrogen (secondary N) is 2. The number of hydrogen-bond donors (Lipinski definition) is 2. The second kappa shape index (κ2) is 10.8. The zero-order chi connectivity index (χ0) is 19.6. The van der Waals surface area contributed by atoms with Crippen molar-refractivity contribution in [3.63, 3.8) is 0 Å². The van der Waals surface area contributed by atoms with Crippen molar-refractivity contribution >= 4 is 23.5 Å². The quantitative estimate of drug-likeness (QED) is 0.420. The molecule has 0 unspecified atom stereocenters. The highest BCUT2D eigenvalue weighted by Gasteiger charge is 2.18. The Labute approximate surface area is 171 Å². The molecule has 1 saturated heterocycles. The first-order valence-electron chi connectivity index (χ1n) is 9.68. The first kappa shape index (κ1) is 20.4. The van der Waals surface area contributed by atoms with Gasteiger partial charge < -0.3 is 15.5 Å². The molecule has 2 N–H and O–H groups in total. The number of guanidine groups is 1. The molecular formula is C20H28ClN7. The van der Waals surface area contributed by atoms with Gasteiger partial charge in [-0.1, -0.05) is 29.8 Å². The lowest BCUT2D eigenvalue weighted by atomic mass is 10.2. The van der Waals surface area contributed by atoms with Crippen molar-refractivity contribution in [3.05, 3.63) is 53.3 Å². The van der Waals surface area contributed by atoms with E-state index in [0.29, 0.717) is 6.54 Å². The van der Waals surface area contributed by atoms with E-state index in [1.54, 1.807) is 19.4 Å². The Hall–Kier alpha value is -2.38. The van der Waals surface area contributed by atoms with Crippen LogP contribution in [0.15, 0.2) is 47.7 Å². The molecule has 8 heteroatoms. The molecule has 2 aromatic rings. The number of rotatable bonds is 7. The van der Waals surface area contributed by atoms with E-state index in [0.717, 1.165) is 68.2 Å². The second-order valence-electron chi connectivity index (χ2n) is 6.67. The van der Waals surface area contributed by atoms with Crippen molar-refractivity contribution in [2.24, 2.45) is 4.99 Å². The minimum absolute atomic E-state index is 0.656. The zero-order valence-corrected chi connectivity index (χ0v) is 17.1. The minimum Gasteiger partial charge on any atom is -0.356 e. The maximum Gasteiger partial charge on any atom is 0.225 e. The summed E-state index contributed by atoms with van der Waals surface area (Å²) in [5, 5.41) is 7.45. The summed E-state index contributed by atoms with van der Waals surface area (Å²) in [5.41, 5.74) is 1.06. The predicted octanol–water partition coefficient (Wildman–Crippen LogP) is 2.01. The molecule has 0 radical (unpaired) electrons. The van der Waals surface area contributed by atoms with Crippen molar-refractivity contribution in [2.75, 3.05) is 51.2 Å². The van der Waals surface area contributed by atoms with Crippen molar-refractivity contribution in [1.82, 2.24) is 25.5 Å². The van der Waals surface area contributed by atoms with E-state index in [4.69, 9.17) is 11.6 Å². The molecule has 0 saturated carbocycles. The van der Waals surface area contributed by atoms with E-state index < -0.39 is 0 Å². The van der Waals surface area contributed by atoms with E-state index in [1.165, 1.54) is 0 Å². The number of halogens is 1.